The van der Waals surface area contributed by atoms with Crippen molar-refractivity contribution in [3.8, 4) is 0 Å². The maximum Gasteiger partial charge on any atom is 0.324 e. The van der Waals surface area contributed by atoms with Crippen LogP contribution in [0.25, 0.3) is 0 Å². The molecule has 7 heteroatoms. The van der Waals surface area contributed by atoms with Crippen LogP contribution in [0, 0.1) is 0 Å². The first-order valence-corrected chi connectivity index (χ1v) is 3.70. The fraction of sp³-hybridized carbons (Fsp3) is 0.833. The molecule has 1 aliphatic rings. The van der Waals surface area contributed by atoms with E-state index in [1.165, 1.54) is 0 Å². The van der Waals surface area contributed by atoms with Crippen LogP contribution in [0.1, 0.15) is 0 Å². The Labute approximate surface area is 72.2 Å². The molecule has 0 saturated heterocycles. The Balaban J connectivity index is 2.32. The predicted molar refractivity (Wildman–Crippen MR) is 39.3 cm³/mol. The molecule has 0 aromatic carbocycles. The van der Waals surface area contributed by atoms with E-state index >= 15 is 0 Å². The molecule has 0 aromatic heterocycles. The summed E-state index contributed by atoms with van der Waals surface area (Å²) in [5.74, 6) is -3.85. The van der Waals surface area contributed by atoms with E-state index in [0.717, 1.165) is 0 Å². The van der Waals surface area contributed by atoms with E-state index in [1.54, 1.807) is 0 Å². The summed E-state index contributed by atoms with van der Waals surface area (Å²) in [4.78, 5) is 3.71. The second-order valence-electron chi connectivity index (χ2n) is 2.57. The van der Waals surface area contributed by atoms with Crippen molar-refractivity contribution >= 4 is 5.96 Å². The maximum absolute atomic E-state index is 12.3. The highest BCUT2D eigenvalue weighted by molar-refractivity contribution is 5.81. The number of aliphatic imine (C=N–C) groups is 1. The molecule has 76 valence electrons. The Bertz CT molecular complexity index is 204. The molecule has 1 heterocycles. The fourth-order valence-electron chi connectivity index (χ4n) is 0.795. The van der Waals surface area contributed by atoms with Gasteiger partial charge in [0.05, 0.1) is 13.1 Å². The van der Waals surface area contributed by atoms with Gasteiger partial charge in [-0.2, -0.15) is 8.78 Å². The lowest BCUT2D eigenvalue weighted by molar-refractivity contribution is -0.123. The van der Waals surface area contributed by atoms with Gasteiger partial charge in [-0.1, -0.05) is 0 Å². The lowest BCUT2D eigenvalue weighted by atomic mass is 10.3. The minimum Gasteiger partial charge on any atom is -0.355 e. The second-order valence-corrected chi connectivity index (χ2v) is 2.57. The van der Waals surface area contributed by atoms with Crippen molar-refractivity contribution in [2.45, 2.75) is 12.3 Å². The Morgan fingerprint density at radius 1 is 1.54 bits per heavy atom. The SMILES string of the molecule is FC(F)C(F)(F)CNC1=NCCN1. The van der Waals surface area contributed by atoms with Crippen molar-refractivity contribution in [3.05, 3.63) is 0 Å². The van der Waals surface area contributed by atoms with Crippen LogP contribution < -0.4 is 10.6 Å². The first-order valence-electron chi connectivity index (χ1n) is 3.70. The number of nitrogens with one attached hydrogen (secondary N) is 2. The van der Waals surface area contributed by atoms with Crippen LogP contribution >= 0.6 is 0 Å². The fourth-order valence-corrected chi connectivity index (χ4v) is 0.795. The molecule has 0 atom stereocenters. The van der Waals surface area contributed by atoms with Gasteiger partial charge in [0.1, 0.15) is 0 Å². The molecule has 1 aliphatic heterocycles. The summed E-state index contributed by atoms with van der Waals surface area (Å²) < 4.78 is 47.9. The first-order chi connectivity index (χ1) is 6.02. The second kappa shape index (κ2) is 3.80. The van der Waals surface area contributed by atoms with Crippen molar-refractivity contribution in [3.63, 3.8) is 0 Å². The summed E-state index contributed by atoms with van der Waals surface area (Å²) in [5.41, 5.74) is 0. The normalized spacial score (nSPS) is 17.2. The number of rotatable bonds is 3. The van der Waals surface area contributed by atoms with Gasteiger partial charge in [-0.25, -0.2) is 8.78 Å². The number of guanidine groups is 1. The minimum absolute atomic E-state index is 0.153. The third-order valence-electron chi connectivity index (χ3n) is 1.48. The number of alkyl halides is 4. The van der Waals surface area contributed by atoms with Crippen LogP contribution in [0.4, 0.5) is 17.6 Å². The van der Waals surface area contributed by atoms with Gasteiger partial charge in [0.25, 0.3) is 0 Å². The van der Waals surface area contributed by atoms with Crippen molar-refractivity contribution in [1.82, 2.24) is 10.6 Å². The van der Waals surface area contributed by atoms with E-state index in [-0.39, 0.29) is 5.96 Å². The predicted octanol–water partition coefficient (Wildman–Crippen LogP) is 0.436. The molecule has 1 rings (SSSR count). The number of hydrogen-bond donors (Lipinski definition) is 2. The molecule has 0 aliphatic carbocycles. The highest BCUT2D eigenvalue weighted by atomic mass is 19.3. The zero-order valence-electron chi connectivity index (χ0n) is 6.66. The molecule has 2 N–H and O–H groups in total. The van der Waals surface area contributed by atoms with Crippen LogP contribution in [0.15, 0.2) is 4.99 Å². The zero-order chi connectivity index (χ0) is 9.90. The number of nitrogens with zero attached hydrogens (tertiary/aromatic N) is 1. The van der Waals surface area contributed by atoms with E-state index in [0.29, 0.717) is 13.1 Å². The summed E-state index contributed by atoms with van der Waals surface area (Å²) >= 11 is 0. The monoisotopic (exact) mass is 199 g/mol. The molecule has 0 unspecified atom stereocenters. The van der Waals surface area contributed by atoms with E-state index in [9.17, 15) is 17.6 Å². The van der Waals surface area contributed by atoms with Gasteiger partial charge in [0.15, 0.2) is 5.96 Å². The van der Waals surface area contributed by atoms with Crippen LogP contribution in [0.3, 0.4) is 0 Å². The van der Waals surface area contributed by atoms with Gasteiger partial charge >= 0.3 is 12.3 Å². The molecular weight excluding hydrogens is 190 g/mol. The highest BCUT2D eigenvalue weighted by Crippen LogP contribution is 2.21. The molecular formula is C6H9F4N3. The number of halogens is 4. The Morgan fingerprint density at radius 3 is 2.69 bits per heavy atom. The van der Waals surface area contributed by atoms with Gasteiger partial charge in [-0.15, -0.1) is 0 Å². The molecule has 13 heavy (non-hydrogen) atoms. The van der Waals surface area contributed by atoms with E-state index in [1.807, 2.05) is 0 Å². The highest BCUT2D eigenvalue weighted by Gasteiger charge is 2.40. The Hall–Kier alpha value is -1.01. The molecule has 0 spiro atoms. The van der Waals surface area contributed by atoms with E-state index in [4.69, 9.17) is 0 Å². The summed E-state index contributed by atoms with van der Waals surface area (Å²) in [6.07, 6.45) is -3.65. The third kappa shape index (κ3) is 2.74. The van der Waals surface area contributed by atoms with Crippen molar-refractivity contribution in [1.29, 1.82) is 0 Å². The van der Waals surface area contributed by atoms with Gasteiger partial charge in [-0.3, -0.25) is 4.99 Å². The molecule has 3 nitrogen and oxygen atoms in total. The van der Waals surface area contributed by atoms with Gasteiger partial charge in [-0.05, 0) is 0 Å². The Kier molecular flexibility index (Phi) is 2.94. The summed E-state index contributed by atoms with van der Waals surface area (Å²) in [7, 11) is 0. The number of hydrogen-bond acceptors (Lipinski definition) is 3. The van der Waals surface area contributed by atoms with Crippen molar-refractivity contribution in [2.75, 3.05) is 19.6 Å². The maximum atomic E-state index is 12.3. The van der Waals surface area contributed by atoms with Crippen LogP contribution in [0.2, 0.25) is 0 Å². The van der Waals surface area contributed by atoms with Crippen LogP contribution in [-0.2, 0) is 0 Å². The van der Waals surface area contributed by atoms with Crippen molar-refractivity contribution < 1.29 is 17.6 Å². The first kappa shape index (κ1) is 10.1. The quantitative estimate of drug-likeness (QED) is 0.647. The molecule has 0 saturated carbocycles. The lowest BCUT2D eigenvalue weighted by Crippen LogP contribution is -2.44. The standard InChI is InChI=1S/C6H9F4N3/c7-4(8)6(9,10)3-13-5-11-1-2-12-5/h4H,1-3H2,(H2,11,12,13). The minimum atomic E-state index is -4.01. The van der Waals surface area contributed by atoms with E-state index in [2.05, 4.69) is 15.6 Å². The topological polar surface area (TPSA) is 36.4 Å². The Morgan fingerprint density at radius 2 is 2.23 bits per heavy atom. The average Bonchev–Trinajstić information content (AvgIpc) is 2.52. The summed E-state index contributed by atoms with van der Waals surface area (Å²) in [6, 6.07) is 0. The largest absolute Gasteiger partial charge is 0.355 e. The molecule has 0 fully saturated rings. The molecule has 0 bridgehead atoms. The third-order valence-corrected chi connectivity index (χ3v) is 1.48. The van der Waals surface area contributed by atoms with Crippen LogP contribution in [-0.4, -0.2) is 37.9 Å². The average molecular weight is 199 g/mol. The summed E-state index contributed by atoms with van der Waals surface area (Å²) in [5, 5.41) is 4.74. The van der Waals surface area contributed by atoms with Crippen molar-refractivity contribution in [2.24, 2.45) is 4.99 Å². The smallest absolute Gasteiger partial charge is 0.324 e. The van der Waals surface area contributed by atoms with Crippen LogP contribution in [0.5, 0.6) is 0 Å². The molecule has 0 aromatic rings. The van der Waals surface area contributed by atoms with Gasteiger partial charge in [0, 0.05) is 6.54 Å². The van der Waals surface area contributed by atoms with Gasteiger partial charge in [0.2, 0.25) is 0 Å². The summed E-state index contributed by atoms with van der Waals surface area (Å²) in [6.45, 7) is -0.0817. The lowest BCUT2D eigenvalue weighted by Gasteiger charge is -2.16. The molecule has 0 amide bonds. The van der Waals surface area contributed by atoms with E-state index < -0.39 is 18.9 Å². The molecule has 0 radical (unpaired) electrons. The zero-order valence-corrected chi connectivity index (χ0v) is 6.66. The van der Waals surface area contributed by atoms with Gasteiger partial charge < -0.3 is 10.6 Å².